The lowest BCUT2D eigenvalue weighted by Gasteiger charge is -2.20. The molecule has 158 valence electrons. The zero-order chi connectivity index (χ0) is 20.6. The lowest BCUT2D eigenvalue weighted by molar-refractivity contribution is 0.0858. The first-order chi connectivity index (χ1) is 13.4. The second-order valence-corrected chi connectivity index (χ2v) is 8.50. The van der Waals surface area contributed by atoms with Gasteiger partial charge in [0, 0.05) is 45.6 Å². The Morgan fingerprint density at radius 1 is 1.32 bits per heavy atom. The molecule has 28 heavy (non-hydrogen) atoms. The number of rotatable bonds is 11. The number of benzene rings is 1. The fourth-order valence-corrected chi connectivity index (χ4v) is 4.62. The molecule has 0 bridgehead atoms. The van der Waals surface area contributed by atoms with Crippen LogP contribution in [0, 0.1) is 0 Å². The van der Waals surface area contributed by atoms with Gasteiger partial charge in [-0.3, -0.25) is 4.79 Å². The van der Waals surface area contributed by atoms with Crippen molar-refractivity contribution in [3.8, 4) is 0 Å². The van der Waals surface area contributed by atoms with Gasteiger partial charge in [0.2, 0.25) is 10.0 Å². The van der Waals surface area contributed by atoms with E-state index in [2.05, 4.69) is 10.6 Å². The Morgan fingerprint density at radius 3 is 2.68 bits per heavy atom. The predicted octanol–water partition coefficient (Wildman–Crippen LogP) is 1.68. The van der Waals surface area contributed by atoms with Crippen LogP contribution in [0.1, 0.15) is 37.0 Å². The van der Waals surface area contributed by atoms with Gasteiger partial charge in [-0.2, -0.15) is 4.31 Å². The molecule has 0 saturated carbocycles. The summed E-state index contributed by atoms with van der Waals surface area (Å²) in [6.07, 6.45) is 1.91. The summed E-state index contributed by atoms with van der Waals surface area (Å²) in [5.41, 5.74) is 0.864. The molecular formula is C19H31N3O5S. The third-order valence-electron chi connectivity index (χ3n) is 4.71. The summed E-state index contributed by atoms with van der Waals surface area (Å²) in [6.45, 7) is 6.40. The first-order valence-corrected chi connectivity index (χ1v) is 11.1. The predicted molar refractivity (Wildman–Crippen MR) is 108 cm³/mol. The summed E-state index contributed by atoms with van der Waals surface area (Å²) in [4.78, 5) is 12.9. The number of hydrogen-bond acceptors (Lipinski definition) is 6. The van der Waals surface area contributed by atoms with Crippen molar-refractivity contribution in [2.24, 2.45) is 0 Å². The van der Waals surface area contributed by atoms with Crippen LogP contribution < -0.4 is 10.6 Å². The van der Waals surface area contributed by atoms with Crippen molar-refractivity contribution in [1.82, 2.24) is 9.62 Å². The number of carbonyl (C=O) groups excluding carboxylic acids is 1. The first kappa shape index (κ1) is 22.6. The normalized spacial score (nSPS) is 17.1. The van der Waals surface area contributed by atoms with Crippen LogP contribution >= 0.6 is 0 Å². The summed E-state index contributed by atoms with van der Waals surface area (Å²) in [5, 5.41) is 6.00. The Bertz CT molecular complexity index is 744. The lowest BCUT2D eigenvalue weighted by Crippen LogP contribution is -2.33. The molecule has 0 spiro atoms. The highest BCUT2D eigenvalue weighted by Crippen LogP contribution is 2.23. The quantitative estimate of drug-likeness (QED) is 0.536. The van der Waals surface area contributed by atoms with Crippen LogP contribution in [-0.2, 0) is 19.5 Å². The van der Waals surface area contributed by atoms with E-state index in [0.717, 1.165) is 12.8 Å². The van der Waals surface area contributed by atoms with E-state index in [0.29, 0.717) is 50.6 Å². The third kappa shape index (κ3) is 5.66. The molecule has 1 atom stereocenters. The van der Waals surface area contributed by atoms with Crippen LogP contribution in [0.3, 0.4) is 0 Å². The van der Waals surface area contributed by atoms with Gasteiger partial charge in [0.1, 0.15) is 0 Å². The SMILES string of the molecule is CCN(CC)S(=O)(=O)c1ccc(NCCOC)c(C(=O)NC[C@H]2CCCO2)c1. The number of carbonyl (C=O) groups is 1. The molecule has 2 rings (SSSR count). The molecule has 2 N–H and O–H groups in total. The molecule has 1 aromatic carbocycles. The molecule has 1 heterocycles. The molecule has 0 aromatic heterocycles. The van der Waals surface area contributed by atoms with Gasteiger partial charge < -0.3 is 20.1 Å². The molecule has 0 aliphatic carbocycles. The maximum Gasteiger partial charge on any atom is 0.253 e. The van der Waals surface area contributed by atoms with E-state index in [1.54, 1.807) is 27.0 Å². The lowest BCUT2D eigenvalue weighted by atomic mass is 10.1. The van der Waals surface area contributed by atoms with Gasteiger partial charge in [0.25, 0.3) is 5.91 Å². The summed E-state index contributed by atoms with van der Waals surface area (Å²) < 4.78 is 37.6. The van der Waals surface area contributed by atoms with Crippen LogP contribution in [-0.4, -0.2) is 71.2 Å². The maximum absolute atomic E-state index is 12.8. The zero-order valence-corrected chi connectivity index (χ0v) is 17.7. The molecule has 0 unspecified atom stereocenters. The monoisotopic (exact) mass is 413 g/mol. The second-order valence-electron chi connectivity index (χ2n) is 6.56. The van der Waals surface area contributed by atoms with E-state index in [1.807, 2.05) is 0 Å². The molecule has 0 radical (unpaired) electrons. The first-order valence-electron chi connectivity index (χ1n) is 9.70. The highest BCUT2D eigenvalue weighted by Gasteiger charge is 2.24. The van der Waals surface area contributed by atoms with Crippen LogP contribution in [0.15, 0.2) is 23.1 Å². The number of ether oxygens (including phenoxy) is 2. The van der Waals surface area contributed by atoms with E-state index >= 15 is 0 Å². The van der Waals surface area contributed by atoms with Gasteiger partial charge in [-0.05, 0) is 31.0 Å². The standard InChI is InChI=1S/C19H31N3O5S/c1-4-22(5-2)28(24,25)16-8-9-18(20-10-12-26-3)17(13-16)19(23)21-14-15-7-6-11-27-15/h8-9,13,15,20H,4-7,10-12,14H2,1-3H3,(H,21,23)/t15-/m1/s1. The minimum absolute atomic E-state index is 0.0106. The molecular weight excluding hydrogens is 382 g/mol. The number of anilines is 1. The van der Waals surface area contributed by atoms with Crippen molar-refractivity contribution in [1.29, 1.82) is 0 Å². The van der Waals surface area contributed by atoms with E-state index < -0.39 is 10.0 Å². The topological polar surface area (TPSA) is 97.0 Å². The molecule has 8 nitrogen and oxygen atoms in total. The Balaban J connectivity index is 2.27. The Kier molecular flexibility index (Phi) is 8.68. The minimum atomic E-state index is -3.65. The second kappa shape index (κ2) is 10.8. The number of nitrogens with one attached hydrogen (secondary N) is 2. The molecule has 9 heteroatoms. The molecule has 1 saturated heterocycles. The Labute approximate surface area is 167 Å². The van der Waals surface area contributed by atoms with Crippen molar-refractivity contribution < 1.29 is 22.7 Å². The van der Waals surface area contributed by atoms with Crippen molar-refractivity contribution >= 4 is 21.6 Å². The van der Waals surface area contributed by atoms with Crippen molar-refractivity contribution in [2.45, 2.75) is 37.7 Å². The number of amides is 1. The highest BCUT2D eigenvalue weighted by atomic mass is 32.2. The Hall–Kier alpha value is -1.68. The fraction of sp³-hybridized carbons (Fsp3) is 0.632. The van der Waals surface area contributed by atoms with Crippen LogP contribution in [0.2, 0.25) is 0 Å². The van der Waals surface area contributed by atoms with Crippen molar-refractivity contribution in [3.63, 3.8) is 0 Å². The van der Waals surface area contributed by atoms with Gasteiger partial charge in [-0.1, -0.05) is 13.8 Å². The number of methoxy groups -OCH3 is 1. The number of sulfonamides is 1. The summed E-state index contributed by atoms with van der Waals surface area (Å²) in [7, 11) is -2.06. The molecule has 1 aliphatic rings. The van der Waals surface area contributed by atoms with Crippen LogP contribution in [0.25, 0.3) is 0 Å². The van der Waals surface area contributed by atoms with Gasteiger partial charge in [0.15, 0.2) is 0 Å². The van der Waals surface area contributed by atoms with Gasteiger partial charge in [0.05, 0.1) is 23.2 Å². The molecule has 1 fully saturated rings. The molecule has 1 aliphatic heterocycles. The average Bonchev–Trinajstić information content (AvgIpc) is 3.20. The van der Waals surface area contributed by atoms with Gasteiger partial charge in [-0.25, -0.2) is 8.42 Å². The van der Waals surface area contributed by atoms with E-state index in [1.165, 1.54) is 16.4 Å². The van der Waals surface area contributed by atoms with Gasteiger partial charge >= 0.3 is 0 Å². The van der Waals surface area contributed by atoms with E-state index in [-0.39, 0.29) is 16.9 Å². The van der Waals surface area contributed by atoms with E-state index in [9.17, 15) is 13.2 Å². The van der Waals surface area contributed by atoms with Crippen molar-refractivity contribution in [3.05, 3.63) is 23.8 Å². The van der Waals surface area contributed by atoms with Gasteiger partial charge in [-0.15, -0.1) is 0 Å². The Morgan fingerprint density at radius 2 is 2.07 bits per heavy atom. The van der Waals surface area contributed by atoms with Crippen molar-refractivity contribution in [2.75, 3.05) is 51.8 Å². The third-order valence-corrected chi connectivity index (χ3v) is 6.76. The largest absolute Gasteiger partial charge is 0.383 e. The van der Waals surface area contributed by atoms with Crippen LogP contribution in [0.5, 0.6) is 0 Å². The molecule has 1 aromatic rings. The average molecular weight is 414 g/mol. The summed E-state index contributed by atoms with van der Waals surface area (Å²) in [5.74, 6) is -0.327. The molecule has 1 amide bonds. The maximum atomic E-state index is 12.8. The zero-order valence-electron chi connectivity index (χ0n) is 16.9. The summed E-state index contributed by atoms with van der Waals surface area (Å²) >= 11 is 0. The number of hydrogen-bond donors (Lipinski definition) is 2. The number of nitrogens with zero attached hydrogens (tertiary/aromatic N) is 1. The minimum Gasteiger partial charge on any atom is -0.383 e. The highest BCUT2D eigenvalue weighted by molar-refractivity contribution is 7.89. The smallest absolute Gasteiger partial charge is 0.253 e. The van der Waals surface area contributed by atoms with Crippen LogP contribution in [0.4, 0.5) is 5.69 Å². The fourth-order valence-electron chi connectivity index (χ4n) is 3.13. The van der Waals surface area contributed by atoms with E-state index in [4.69, 9.17) is 9.47 Å². The summed E-state index contributed by atoms with van der Waals surface area (Å²) in [6, 6.07) is 4.60.